The summed E-state index contributed by atoms with van der Waals surface area (Å²) in [5.41, 5.74) is 1.27. The topological polar surface area (TPSA) is 91.8 Å². The highest BCUT2D eigenvalue weighted by Crippen LogP contribution is 2.41. The molecule has 3 heterocycles. The van der Waals surface area contributed by atoms with Crippen LogP contribution in [0.15, 0.2) is 24.5 Å². The zero-order valence-electron chi connectivity index (χ0n) is 18.7. The van der Waals surface area contributed by atoms with Crippen molar-refractivity contribution in [1.82, 2.24) is 9.97 Å². The first kappa shape index (κ1) is 22.0. The predicted octanol–water partition coefficient (Wildman–Crippen LogP) is 4.73. The summed E-state index contributed by atoms with van der Waals surface area (Å²) < 4.78 is 37.0. The van der Waals surface area contributed by atoms with Crippen molar-refractivity contribution in [3.8, 4) is 5.75 Å². The van der Waals surface area contributed by atoms with E-state index in [4.69, 9.17) is 18.9 Å². The maximum atomic E-state index is 14.1. The van der Waals surface area contributed by atoms with Crippen LogP contribution in [0.25, 0.3) is 10.2 Å². The summed E-state index contributed by atoms with van der Waals surface area (Å²) in [5, 5.41) is 3.95. The Morgan fingerprint density at radius 3 is 2.67 bits per heavy atom. The molecule has 2 aromatic heterocycles. The van der Waals surface area contributed by atoms with E-state index in [0.29, 0.717) is 45.2 Å². The van der Waals surface area contributed by atoms with Crippen LogP contribution in [0.5, 0.6) is 5.75 Å². The number of esters is 1. The number of rotatable bonds is 5. The summed E-state index contributed by atoms with van der Waals surface area (Å²) in [6, 6.07) is 4.31. The number of fused-ring (bicyclic) bond motifs is 2. The third-order valence-corrected chi connectivity index (χ3v) is 7.04. The lowest BCUT2D eigenvalue weighted by Gasteiger charge is -2.22. The lowest BCUT2D eigenvalue weighted by molar-refractivity contribution is -0.155. The smallest absolute Gasteiger partial charge is 0.348 e. The lowest BCUT2D eigenvalue weighted by Crippen LogP contribution is -2.25. The maximum Gasteiger partial charge on any atom is 0.348 e. The summed E-state index contributed by atoms with van der Waals surface area (Å²) in [4.78, 5) is 21.9. The number of hydrogen-bond donors (Lipinski definition) is 1. The fourth-order valence-electron chi connectivity index (χ4n) is 4.48. The van der Waals surface area contributed by atoms with Crippen LogP contribution in [0.1, 0.15) is 41.9 Å². The zero-order chi connectivity index (χ0) is 23.3. The molecule has 1 N–H and O–H groups in total. The summed E-state index contributed by atoms with van der Waals surface area (Å²) in [7, 11) is 1.34. The Morgan fingerprint density at radius 1 is 1.24 bits per heavy atom. The average molecular weight is 474 g/mol. The fourth-order valence-corrected chi connectivity index (χ4v) is 5.54. The second kappa shape index (κ2) is 8.19. The number of anilines is 2. The highest BCUT2D eigenvalue weighted by atomic mass is 32.1. The average Bonchev–Trinajstić information content (AvgIpc) is 3.38. The Kier molecular flexibility index (Phi) is 5.46. The molecule has 0 amide bonds. The standard InChI is InChI=1S/C23H24FN3O5S/c1-11-18-20(25-10-26-21(18)33-19(11)22(28)29-4)27-14-6-5-12(24)7-15(14)30-13-8-16-17(9-13)32-23(2,3)31-16/h5-7,10,13,16-17H,8-9H2,1-4H3,(H,25,26,27)/t13-,16+,17-. The second-order valence-corrected chi connectivity index (χ2v) is 9.64. The van der Waals surface area contributed by atoms with E-state index >= 15 is 0 Å². The van der Waals surface area contributed by atoms with Crippen molar-refractivity contribution in [1.29, 1.82) is 0 Å². The molecule has 33 heavy (non-hydrogen) atoms. The fraction of sp³-hybridized carbons (Fsp3) is 0.435. The molecule has 1 saturated carbocycles. The zero-order valence-corrected chi connectivity index (χ0v) is 19.5. The first-order chi connectivity index (χ1) is 15.7. The minimum Gasteiger partial charge on any atom is -0.488 e. The monoisotopic (exact) mass is 473 g/mol. The minimum atomic E-state index is -0.592. The van der Waals surface area contributed by atoms with Gasteiger partial charge in [-0.3, -0.25) is 0 Å². The molecule has 1 saturated heterocycles. The molecule has 1 aliphatic heterocycles. The van der Waals surface area contributed by atoms with E-state index in [1.165, 1.54) is 36.9 Å². The number of nitrogens with one attached hydrogen (secondary N) is 1. The number of ether oxygens (including phenoxy) is 4. The number of hydrogen-bond acceptors (Lipinski definition) is 9. The number of benzene rings is 1. The Balaban J connectivity index is 1.42. The van der Waals surface area contributed by atoms with Crippen molar-refractivity contribution in [3.63, 3.8) is 0 Å². The third-order valence-electron chi connectivity index (χ3n) is 5.86. The van der Waals surface area contributed by atoms with E-state index in [0.717, 1.165) is 5.56 Å². The SMILES string of the molecule is COC(=O)c1sc2ncnc(Nc3ccc(F)cc3O[C@@H]3C[C@@H]4OC(C)(C)O[C@@H]4C3)c2c1C. The number of thiophene rings is 1. The molecule has 10 heteroatoms. The van der Waals surface area contributed by atoms with Gasteiger partial charge in [-0.2, -0.15) is 0 Å². The largest absolute Gasteiger partial charge is 0.488 e. The summed E-state index contributed by atoms with van der Waals surface area (Å²) in [5.74, 6) is -0.559. The van der Waals surface area contributed by atoms with Gasteiger partial charge in [0.2, 0.25) is 0 Å². The number of halogens is 1. The van der Waals surface area contributed by atoms with E-state index in [1.807, 2.05) is 20.8 Å². The number of carbonyl (C=O) groups excluding carboxylic acids is 1. The van der Waals surface area contributed by atoms with Gasteiger partial charge in [0.1, 0.15) is 39.5 Å². The molecule has 2 fully saturated rings. The van der Waals surface area contributed by atoms with Crippen molar-refractivity contribution >= 4 is 39.0 Å². The molecule has 174 valence electrons. The normalized spacial score (nSPS) is 23.5. The van der Waals surface area contributed by atoms with E-state index in [2.05, 4.69) is 15.3 Å². The summed E-state index contributed by atoms with van der Waals surface area (Å²) >= 11 is 1.24. The molecule has 2 aliphatic rings. The number of nitrogens with zero attached hydrogens (tertiary/aromatic N) is 2. The Hall–Kier alpha value is -2.82. The number of carbonyl (C=O) groups is 1. The van der Waals surface area contributed by atoms with Gasteiger partial charge < -0.3 is 24.3 Å². The van der Waals surface area contributed by atoms with Gasteiger partial charge in [-0.05, 0) is 38.5 Å². The molecule has 0 bridgehead atoms. The van der Waals surface area contributed by atoms with Crippen molar-refractivity contribution in [2.45, 2.75) is 57.7 Å². The summed E-state index contributed by atoms with van der Waals surface area (Å²) in [6.45, 7) is 5.62. The van der Waals surface area contributed by atoms with E-state index in [9.17, 15) is 9.18 Å². The first-order valence-corrected chi connectivity index (χ1v) is 11.5. The molecule has 3 aromatic rings. The third kappa shape index (κ3) is 4.14. The van der Waals surface area contributed by atoms with Gasteiger partial charge in [0.25, 0.3) is 0 Å². The van der Waals surface area contributed by atoms with Crippen LogP contribution >= 0.6 is 11.3 Å². The minimum absolute atomic E-state index is 0.0401. The van der Waals surface area contributed by atoms with Crippen LogP contribution < -0.4 is 10.1 Å². The van der Waals surface area contributed by atoms with E-state index in [1.54, 1.807) is 6.07 Å². The molecule has 8 nitrogen and oxygen atoms in total. The highest BCUT2D eigenvalue weighted by Gasteiger charge is 2.48. The van der Waals surface area contributed by atoms with Crippen LogP contribution in [0.4, 0.5) is 15.9 Å². The maximum absolute atomic E-state index is 14.1. The van der Waals surface area contributed by atoms with Gasteiger partial charge in [0, 0.05) is 18.9 Å². The molecular formula is C23H24FN3O5S. The van der Waals surface area contributed by atoms with E-state index < -0.39 is 17.6 Å². The molecule has 0 spiro atoms. The Morgan fingerprint density at radius 2 is 1.97 bits per heavy atom. The van der Waals surface area contributed by atoms with Crippen molar-refractivity contribution in [3.05, 3.63) is 40.8 Å². The van der Waals surface area contributed by atoms with Crippen LogP contribution in [0, 0.1) is 12.7 Å². The molecule has 1 aromatic carbocycles. The van der Waals surface area contributed by atoms with Crippen molar-refractivity contribution < 1.29 is 28.1 Å². The predicted molar refractivity (Wildman–Crippen MR) is 121 cm³/mol. The van der Waals surface area contributed by atoms with Gasteiger partial charge in [-0.1, -0.05) is 0 Å². The Labute approximate surface area is 194 Å². The van der Waals surface area contributed by atoms with Crippen LogP contribution in [0.3, 0.4) is 0 Å². The molecule has 3 atom stereocenters. The molecule has 0 radical (unpaired) electrons. The summed E-state index contributed by atoms with van der Waals surface area (Å²) in [6.07, 6.45) is 2.49. The number of aromatic nitrogens is 2. The van der Waals surface area contributed by atoms with E-state index in [-0.39, 0.29) is 18.3 Å². The van der Waals surface area contributed by atoms with Crippen LogP contribution in [0.2, 0.25) is 0 Å². The first-order valence-electron chi connectivity index (χ1n) is 10.7. The Bertz CT molecular complexity index is 1210. The molecule has 0 unspecified atom stereocenters. The molecular weight excluding hydrogens is 449 g/mol. The number of aryl methyl sites for hydroxylation is 1. The second-order valence-electron chi connectivity index (χ2n) is 8.64. The van der Waals surface area contributed by atoms with Gasteiger partial charge >= 0.3 is 5.97 Å². The van der Waals surface area contributed by atoms with Gasteiger partial charge in [-0.25, -0.2) is 19.2 Å². The van der Waals surface area contributed by atoms with Gasteiger partial charge in [0.15, 0.2) is 5.79 Å². The van der Waals surface area contributed by atoms with Crippen LogP contribution in [-0.2, 0) is 14.2 Å². The quantitative estimate of drug-likeness (QED) is 0.532. The molecule has 5 rings (SSSR count). The lowest BCUT2D eigenvalue weighted by atomic mass is 10.2. The van der Waals surface area contributed by atoms with Crippen molar-refractivity contribution in [2.75, 3.05) is 12.4 Å². The van der Waals surface area contributed by atoms with Crippen LogP contribution in [-0.4, -0.2) is 47.1 Å². The number of methoxy groups -OCH3 is 1. The van der Waals surface area contributed by atoms with Gasteiger partial charge in [-0.15, -0.1) is 11.3 Å². The van der Waals surface area contributed by atoms with Gasteiger partial charge in [0.05, 0.1) is 30.4 Å². The highest BCUT2D eigenvalue weighted by molar-refractivity contribution is 7.20. The van der Waals surface area contributed by atoms with Crippen molar-refractivity contribution in [2.24, 2.45) is 0 Å². The molecule has 1 aliphatic carbocycles.